The summed E-state index contributed by atoms with van der Waals surface area (Å²) in [6.45, 7) is 0.775. The molecule has 0 aliphatic heterocycles. The van der Waals surface area contributed by atoms with Crippen molar-refractivity contribution >= 4 is 11.9 Å². The number of aryl methyl sites for hydroxylation is 1. The van der Waals surface area contributed by atoms with Crippen molar-refractivity contribution in [2.75, 3.05) is 7.11 Å². The van der Waals surface area contributed by atoms with E-state index in [1.54, 1.807) is 19.2 Å². The van der Waals surface area contributed by atoms with Crippen molar-refractivity contribution in [2.45, 2.75) is 37.8 Å². The number of nitrogens with one attached hydrogen (secondary N) is 1. The van der Waals surface area contributed by atoms with Gasteiger partial charge in [0.25, 0.3) is 0 Å². The Hall–Kier alpha value is -3.71. The largest absolute Gasteiger partial charge is 0.496 e. The molecule has 0 bridgehead atoms. The smallest absolute Gasteiger partial charge is 0.414 e. The number of hydrogen-bond donors (Lipinski definition) is 3. The van der Waals surface area contributed by atoms with Crippen LogP contribution in [-0.4, -0.2) is 35.3 Å². The minimum absolute atomic E-state index is 0.182. The van der Waals surface area contributed by atoms with Gasteiger partial charge in [-0.25, -0.2) is 14.0 Å². The van der Waals surface area contributed by atoms with Crippen LogP contribution in [-0.2, 0) is 29.0 Å². The Balaban J connectivity index is 0.000000481. The maximum absolute atomic E-state index is 13.3. The molecule has 0 fully saturated rings. The van der Waals surface area contributed by atoms with Gasteiger partial charge in [0.15, 0.2) is 0 Å². The summed E-state index contributed by atoms with van der Waals surface area (Å²) in [5.41, 5.74) is 5.19. The number of carbonyl (C=O) groups is 2. The van der Waals surface area contributed by atoms with Gasteiger partial charge in [-0.3, -0.25) is 0 Å². The molecule has 0 saturated heterocycles. The first-order valence-electron chi connectivity index (χ1n) is 11.0. The third-order valence-electron chi connectivity index (χ3n) is 5.96. The van der Waals surface area contributed by atoms with Gasteiger partial charge in [0.1, 0.15) is 11.6 Å². The monoisotopic (exact) mass is 465 g/mol. The average molecular weight is 466 g/mol. The second-order valence-electron chi connectivity index (χ2n) is 8.08. The van der Waals surface area contributed by atoms with E-state index in [0.717, 1.165) is 31.6 Å². The van der Waals surface area contributed by atoms with E-state index >= 15 is 0 Å². The van der Waals surface area contributed by atoms with Crippen LogP contribution in [0.5, 0.6) is 5.75 Å². The van der Waals surface area contributed by atoms with E-state index in [2.05, 4.69) is 35.6 Å². The molecule has 0 heterocycles. The number of aliphatic carboxylic acids is 2. The molecule has 0 spiro atoms. The number of carboxylic acids is 2. The highest BCUT2D eigenvalue weighted by molar-refractivity contribution is 6.27. The van der Waals surface area contributed by atoms with Crippen molar-refractivity contribution in [1.29, 1.82) is 0 Å². The maximum atomic E-state index is 13.3. The minimum atomic E-state index is -1.82. The van der Waals surface area contributed by atoms with Gasteiger partial charge in [-0.1, -0.05) is 54.6 Å². The van der Waals surface area contributed by atoms with Crippen LogP contribution in [0.2, 0.25) is 0 Å². The number of rotatable bonds is 6. The predicted octanol–water partition coefficient (Wildman–Crippen LogP) is 4.42. The highest BCUT2D eigenvalue weighted by Gasteiger charge is 2.29. The molecule has 1 aliphatic carbocycles. The third kappa shape index (κ3) is 6.65. The van der Waals surface area contributed by atoms with E-state index in [-0.39, 0.29) is 5.82 Å². The molecule has 3 aromatic carbocycles. The maximum Gasteiger partial charge on any atom is 0.414 e. The zero-order chi connectivity index (χ0) is 24.5. The summed E-state index contributed by atoms with van der Waals surface area (Å²) < 4.78 is 18.8. The molecule has 0 radical (unpaired) electrons. The molecular formula is C27H28FNO5. The molecule has 1 aliphatic rings. The number of fused-ring (bicyclic) bond motifs is 1. The average Bonchev–Trinajstić information content (AvgIpc) is 2.85. The van der Waals surface area contributed by atoms with E-state index in [4.69, 9.17) is 24.5 Å². The van der Waals surface area contributed by atoms with Crippen LogP contribution >= 0.6 is 0 Å². The van der Waals surface area contributed by atoms with E-state index in [1.807, 2.05) is 30.3 Å². The number of benzene rings is 3. The first-order chi connectivity index (χ1) is 16.4. The molecule has 0 amide bonds. The van der Waals surface area contributed by atoms with Crippen molar-refractivity contribution in [3.63, 3.8) is 0 Å². The SMILES string of the molecule is COc1ccccc1CN[C@H]1CCc2ccccc2[C@@H]1Cc1ccc(F)cc1.O=C(O)C(=O)O. The van der Waals surface area contributed by atoms with E-state index in [9.17, 15) is 4.39 Å². The van der Waals surface area contributed by atoms with Crippen molar-refractivity contribution in [3.8, 4) is 5.75 Å². The van der Waals surface area contributed by atoms with Gasteiger partial charge in [0.2, 0.25) is 0 Å². The van der Waals surface area contributed by atoms with Gasteiger partial charge in [-0.2, -0.15) is 0 Å². The zero-order valence-corrected chi connectivity index (χ0v) is 18.9. The molecule has 6 nitrogen and oxygen atoms in total. The lowest BCUT2D eigenvalue weighted by Crippen LogP contribution is -2.39. The lowest BCUT2D eigenvalue weighted by molar-refractivity contribution is -0.159. The van der Waals surface area contributed by atoms with E-state index < -0.39 is 11.9 Å². The molecular weight excluding hydrogens is 437 g/mol. The second kappa shape index (κ2) is 12.0. The molecule has 3 aromatic rings. The Morgan fingerprint density at radius 3 is 2.29 bits per heavy atom. The number of methoxy groups -OCH3 is 1. The molecule has 2 atom stereocenters. The molecule has 0 saturated carbocycles. The fraction of sp³-hybridized carbons (Fsp3) is 0.259. The molecule has 178 valence electrons. The fourth-order valence-electron chi connectivity index (χ4n) is 4.31. The third-order valence-corrected chi connectivity index (χ3v) is 5.96. The Bertz CT molecular complexity index is 1100. The molecule has 7 heteroatoms. The zero-order valence-electron chi connectivity index (χ0n) is 18.9. The molecule has 3 N–H and O–H groups in total. The van der Waals surface area contributed by atoms with E-state index in [1.165, 1.54) is 22.3 Å². The van der Waals surface area contributed by atoms with E-state index in [0.29, 0.717) is 12.0 Å². The number of ether oxygens (including phenoxy) is 1. The molecule has 0 unspecified atom stereocenters. The van der Waals surface area contributed by atoms with Crippen LogP contribution in [0.1, 0.15) is 34.6 Å². The van der Waals surface area contributed by atoms with Gasteiger partial charge in [-0.15, -0.1) is 0 Å². The molecule has 4 rings (SSSR count). The Kier molecular flexibility index (Phi) is 8.76. The Morgan fingerprint density at radius 1 is 0.971 bits per heavy atom. The van der Waals surface area contributed by atoms with Crippen molar-refractivity contribution in [3.05, 3.63) is 101 Å². The lowest BCUT2D eigenvalue weighted by atomic mass is 9.76. The van der Waals surface area contributed by atoms with Crippen LogP contribution in [0, 0.1) is 5.82 Å². The summed E-state index contributed by atoms with van der Waals surface area (Å²) in [4.78, 5) is 18.2. The van der Waals surface area contributed by atoms with Crippen molar-refractivity contribution in [2.24, 2.45) is 0 Å². The van der Waals surface area contributed by atoms with Crippen molar-refractivity contribution in [1.82, 2.24) is 5.32 Å². The first kappa shape index (κ1) is 24.9. The van der Waals surface area contributed by atoms with Crippen LogP contribution in [0.4, 0.5) is 4.39 Å². The topological polar surface area (TPSA) is 95.9 Å². The summed E-state index contributed by atoms with van der Waals surface area (Å²) in [7, 11) is 1.72. The highest BCUT2D eigenvalue weighted by atomic mass is 19.1. The number of hydrogen-bond acceptors (Lipinski definition) is 4. The Labute approximate surface area is 198 Å². The first-order valence-corrected chi connectivity index (χ1v) is 11.0. The fourth-order valence-corrected chi connectivity index (χ4v) is 4.31. The highest BCUT2D eigenvalue weighted by Crippen LogP contribution is 2.35. The van der Waals surface area contributed by atoms with Crippen LogP contribution in [0.3, 0.4) is 0 Å². The lowest BCUT2D eigenvalue weighted by Gasteiger charge is -2.35. The molecule has 0 aromatic heterocycles. The molecule has 34 heavy (non-hydrogen) atoms. The Morgan fingerprint density at radius 2 is 1.62 bits per heavy atom. The van der Waals surface area contributed by atoms with Crippen LogP contribution in [0.15, 0.2) is 72.8 Å². The second-order valence-corrected chi connectivity index (χ2v) is 8.08. The number of para-hydroxylation sites is 1. The van der Waals surface area contributed by atoms with Gasteiger partial charge in [-0.05, 0) is 54.2 Å². The van der Waals surface area contributed by atoms with Crippen LogP contribution < -0.4 is 10.1 Å². The number of halogens is 1. The normalized spacial score (nSPS) is 16.5. The summed E-state index contributed by atoms with van der Waals surface area (Å²) in [5, 5.41) is 18.6. The standard InChI is InChI=1S/C25H26FNO.C2H2O4/c1-28-25-9-5-3-7-20(25)17-27-24-15-12-19-6-2-4-8-22(19)23(24)16-18-10-13-21(26)14-11-18;3-1(4)2(5)6/h2-11,13-14,23-24,27H,12,15-17H2,1H3;(H,3,4)(H,5,6)/t23-,24-;/m0./s1. The van der Waals surface area contributed by atoms with Crippen molar-refractivity contribution < 1.29 is 28.9 Å². The summed E-state index contributed by atoms with van der Waals surface area (Å²) in [6, 6.07) is 24.2. The summed E-state index contributed by atoms with van der Waals surface area (Å²) >= 11 is 0. The van der Waals surface area contributed by atoms with Gasteiger partial charge >= 0.3 is 11.9 Å². The van der Waals surface area contributed by atoms with Gasteiger partial charge in [0.05, 0.1) is 7.11 Å². The predicted molar refractivity (Wildman–Crippen MR) is 127 cm³/mol. The number of carboxylic acid groups (broad SMARTS) is 2. The van der Waals surface area contributed by atoms with Crippen LogP contribution in [0.25, 0.3) is 0 Å². The summed E-state index contributed by atoms with van der Waals surface area (Å²) in [5.74, 6) is -2.55. The summed E-state index contributed by atoms with van der Waals surface area (Å²) in [6.07, 6.45) is 3.08. The minimum Gasteiger partial charge on any atom is -0.496 e. The van der Waals surface area contributed by atoms with Gasteiger partial charge in [0, 0.05) is 24.1 Å². The quantitative estimate of drug-likeness (QED) is 0.467. The van der Waals surface area contributed by atoms with Gasteiger partial charge < -0.3 is 20.3 Å².